The summed E-state index contributed by atoms with van der Waals surface area (Å²) in [5.41, 5.74) is 1.07. The third kappa shape index (κ3) is 4.78. The molecule has 1 radical (unpaired) electrons. The summed E-state index contributed by atoms with van der Waals surface area (Å²) >= 11 is 0. The molecule has 2 nitrogen and oxygen atoms in total. The SMILES string of the molecule is CCCCOc1ccc(C=CC[C]=O)cc1. The Balaban J connectivity index is 2.44. The van der Waals surface area contributed by atoms with E-state index in [-0.39, 0.29) is 0 Å². The van der Waals surface area contributed by atoms with E-state index in [1.54, 1.807) is 6.08 Å². The van der Waals surface area contributed by atoms with Crippen LogP contribution in [-0.4, -0.2) is 12.9 Å². The average Bonchev–Trinajstić information content (AvgIpc) is 2.32. The molecule has 0 N–H and O–H groups in total. The van der Waals surface area contributed by atoms with Gasteiger partial charge in [-0.15, -0.1) is 0 Å². The highest BCUT2D eigenvalue weighted by atomic mass is 16.5. The van der Waals surface area contributed by atoms with Gasteiger partial charge in [0.05, 0.1) is 6.61 Å². The standard InChI is InChI=1S/C14H17O2/c1-2-3-12-16-14-9-7-13(8-10-14)6-4-5-11-15/h4,6-10H,2-3,5,12H2,1H3. The van der Waals surface area contributed by atoms with Gasteiger partial charge in [-0.3, -0.25) is 4.79 Å². The van der Waals surface area contributed by atoms with Gasteiger partial charge in [-0.2, -0.15) is 0 Å². The van der Waals surface area contributed by atoms with Gasteiger partial charge in [0.15, 0.2) is 0 Å². The summed E-state index contributed by atoms with van der Waals surface area (Å²) < 4.78 is 5.54. The van der Waals surface area contributed by atoms with Crippen molar-refractivity contribution >= 4 is 12.4 Å². The molecule has 0 spiro atoms. The predicted molar refractivity (Wildman–Crippen MR) is 66.2 cm³/mol. The van der Waals surface area contributed by atoms with Crippen molar-refractivity contribution in [1.82, 2.24) is 0 Å². The van der Waals surface area contributed by atoms with Crippen molar-refractivity contribution in [2.75, 3.05) is 6.61 Å². The molecule has 1 aromatic carbocycles. The molecule has 0 heterocycles. The number of rotatable bonds is 7. The lowest BCUT2D eigenvalue weighted by Gasteiger charge is -2.04. The molecule has 16 heavy (non-hydrogen) atoms. The van der Waals surface area contributed by atoms with Crippen molar-refractivity contribution in [2.24, 2.45) is 0 Å². The maximum Gasteiger partial charge on any atom is 0.202 e. The summed E-state index contributed by atoms with van der Waals surface area (Å²) in [6.07, 6.45) is 8.08. The zero-order valence-electron chi connectivity index (χ0n) is 9.61. The number of allylic oxidation sites excluding steroid dienone is 1. The van der Waals surface area contributed by atoms with Crippen LogP contribution in [0, 0.1) is 0 Å². The van der Waals surface area contributed by atoms with Crippen LogP contribution >= 0.6 is 0 Å². The van der Waals surface area contributed by atoms with E-state index in [4.69, 9.17) is 4.74 Å². The van der Waals surface area contributed by atoms with E-state index in [9.17, 15) is 4.79 Å². The molecular formula is C14H17O2. The topological polar surface area (TPSA) is 26.3 Å². The quantitative estimate of drug-likeness (QED) is 0.654. The van der Waals surface area contributed by atoms with Crippen LogP contribution in [0.3, 0.4) is 0 Å². The van der Waals surface area contributed by atoms with Gasteiger partial charge in [0, 0.05) is 6.42 Å². The number of unbranched alkanes of at least 4 members (excludes halogenated alkanes) is 1. The first-order chi connectivity index (χ1) is 7.86. The molecule has 1 rings (SSSR count). The lowest BCUT2D eigenvalue weighted by Crippen LogP contribution is -1.95. The van der Waals surface area contributed by atoms with E-state index in [1.807, 2.05) is 36.6 Å². The van der Waals surface area contributed by atoms with Crippen LogP contribution in [0.5, 0.6) is 5.75 Å². The molecule has 0 aliphatic carbocycles. The van der Waals surface area contributed by atoms with Crippen LogP contribution < -0.4 is 4.74 Å². The second-order valence-electron chi connectivity index (χ2n) is 3.52. The Morgan fingerprint density at radius 2 is 2.06 bits per heavy atom. The van der Waals surface area contributed by atoms with E-state index >= 15 is 0 Å². The molecule has 0 aromatic heterocycles. The van der Waals surface area contributed by atoms with Crippen LogP contribution in [0.1, 0.15) is 31.7 Å². The Bertz CT molecular complexity index is 325. The lowest BCUT2D eigenvalue weighted by molar-refractivity contribution is 0.309. The van der Waals surface area contributed by atoms with Crippen LogP contribution in [0.25, 0.3) is 6.08 Å². The van der Waals surface area contributed by atoms with E-state index < -0.39 is 0 Å². The van der Waals surface area contributed by atoms with E-state index in [0.717, 1.165) is 30.8 Å². The third-order valence-electron chi connectivity index (χ3n) is 2.16. The highest BCUT2D eigenvalue weighted by Crippen LogP contribution is 2.13. The van der Waals surface area contributed by atoms with Crippen molar-refractivity contribution in [1.29, 1.82) is 0 Å². The first-order valence-electron chi connectivity index (χ1n) is 5.61. The molecule has 85 valence electrons. The number of carbonyl (C=O) groups excluding carboxylic acids is 1. The largest absolute Gasteiger partial charge is 0.494 e. The number of hydrogen-bond donors (Lipinski definition) is 0. The minimum absolute atomic E-state index is 0.342. The Morgan fingerprint density at radius 3 is 2.69 bits per heavy atom. The highest BCUT2D eigenvalue weighted by Gasteiger charge is 1.92. The monoisotopic (exact) mass is 217 g/mol. The highest BCUT2D eigenvalue weighted by molar-refractivity contribution is 5.58. The van der Waals surface area contributed by atoms with Crippen molar-refractivity contribution < 1.29 is 9.53 Å². The van der Waals surface area contributed by atoms with Crippen molar-refractivity contribution in [3.05, 3.63) is 35.9 Å². The fourth-order valence-electron chi connectivity index (χ4n) is 1.25. The molecule has 0 bridgehead atoms. The van der Waals surface area contributed by atoms with E-state index in [1.165, 1.54) is 0 Å². The summed E-state index contributed by atoms with van der Waals surface area (Å²) in [7, 11) is 0. The van der Waals surface area contributed by atoms with Gasteiger partial charge in [-0.05, 0) is 24.1 Å². The molecule has 0 aliphatic heterocycles. The minimum Gasteiger partial charge on any atom is -0.494 e. The first kappa shape index (κ1) is 12.5. The zero-order chi connectivity index (χ0) is 11.6. The Hall–Kier alpha value is -1.57. The van der Waals surface area contributed by atoms with Gasteiger partial charge in [0.25, 0.3) is 0 Å². The van der Waals surface area contributed by atoms with Crippen LogP contribution in [0.15, 0.2) is 30.3 Å². The Morgan fingerprint density at radius 1 is 1.31 bits per heavy atom. The second-order valence-corrected chi connectivity index (χ2v) is 3.52. The molecule has 0 saturated heterocycles. The summed E-state index contributed by atoms with van der Waals surface area (Å²) in [5, 5.41) is 0. The van der Waals surface area contributed by atoms with Crippen molar-refractivity contribution in [3.8, 4) is 5.75 Å². The average molecular weight is 217 g/mol. The van der Waals surface area contributed by atoms with Crippen LogP contribution in [0.4, 0.5) is 0 Å². The van der Waals surface area contributed by atoms with Gasteiger partial charge >= 0.3 is 0 Å². The maximum atomic E-state index is 10.00. The van der Waals surface area contributed by atoms with Gasteiger partial charge in [0.1, 0.15) is 5.75 Å². The lowest BCUT2D eigenvalue weighted by atomic mass is 10.2. The molecule has 1 aromatic rings. The molecule has 0 saturated carbocycles. The summed E-state index contributed by atoms with van der Waals surface area (Å²) in [5.74, 6) is 0.896. The Labute approximate surface area is 96.9 Å². The fraction of sp³-hybridized carbons (Fsp3) is 0.357. The number of benzene rings is 1. The third-order valence-corrected chi connectivity index (χ3v) is 2.16. The molecule has 0 atom stereocenters. The van der Waals surface area contributed by atoms with E-state index in [0.29, 0.717) is 6.42 Å². The molecular weight excluding hydrogens is 200 g/mol. The number of ether oxygens (including phenoxy) is 1. The summed E-state index contributed by atoms with van der Waals surface area (Å²) in [6, 6.07) is 7.84. The molecule has 0 amide bonds. The Kier molecular flexibility index (Phi) is 6.00. The molecule has 2 heteroatoms. The minimum atomic E-state index is 0.342. The number of hydrogen-bond acceptors (Lipinski definition) is 2. The maximum absolute atomic E-state index is 10.00. The van der Waals surface area contributed by atoms with Crippen LogP contribution in [-0.2, 0) is 4.79 Å². The zero-order valence-corrected chi connectivity index (χ0v) is 9.61. The van der Waals surface area contributed by atoms with Crippen LogP contribution in [0.2, 0.25) is 0 Å². The second kappa shape index (κ2) is 7.69. The van der Waals surface area contributed by atoms with Gasteiger partial charge < -0.3 is 4.74 Å². The normalized spacial score (nSPS) is 10.6. The molecule has 0 aliphatic rings. The predicted octanol–water partition coefficient (Wildman–Crippen LogP) is 3.38. The van der Waals surface area contributed by atoms with Crippen molar-refractivity contribution in [2.45, 2.75) is 26.2 Å². The molecule has 0 fully saturated rings. The first-order valence-corrected chi connectivity index (χ1v) is 5.61. The van der Waals surface area contributed by atoms with Crippen molar-refractivity contribution in [3.63, 3.8) is 0 Å². The van der Waals surface area contributed by atoms with E-state index in [2.05, 4.69) is 6.92 Å². The van der Waals surface area contributed by atoms with Gasteiger partial charge in [-0.25, -0.2) is 0 Å². The van der Waals surface area contributed by atoms with Gasteiger partial charge in [0.2, 0.25) is 6.29 Å². The fourth-order valence-corrected chi connectivity index (χ4v) is 1.25. The summed E-state index contributed by atoms with van der Waals surface area (Å²) in [4.78, 5) is 10.00. The van der Waals surface area contributed by atoms with Gasteiger partial charge in [-0.1, -0.05) is 37.6 Å². The smallest absolute Gasteiger partial charge is 0.202 e. The molecule has 0 unspecified atom stereocenters. The summed E-state index contributed by atoms with van der Waals surface area (Å²) in [6.45, 7) is 2.91.